The van der Waals surface area contributed by atoms with Crippen LogP contribution < -0.4 is 15.5 Å². The molecule has 0 bridgehead atoms. The number of anilines is 2. The molecular weight excluding hydrogens is 446 g/mol. The molecule has 2 aliphatic rings. The maximum absolute atomic E-state index is 12.7. The Morgan fingerprint density at radius 1 is 1.00 bits per heavy atom. The Morgan fingerprint density at radius 3 is 2.56 bits per heavy atom. The van der Waals surface area contributed by atoms with Crippen LogP contribution in [0.25, 0.3) is 0 Å². The number of amides is 2. The number of piperazine rings is 1. The Morgan fingerprint density at radius 2 is 1.79 bits per heavy atom. The number of carbonyl (C=O) groups is 2. The lowest BCUT2D eigenvalue weighted by Crippen LogP contribution is -2.49. The number of rotatable bonds is 6. The van der Waals surface area contributed by atoms with E-state index in [-0.39, 0.29) is 6.04 Å². The number of hydrogen-bond acceptors (Lipinski definition) is 6. The van der Waals surface area contributed by atoms with Crippen molar-refractivity contribution >= 4 is 35.0 Å². The summed E-state index contributed by atoms with van der Waals surface area (Å²) in [6.45, 7) is 5.33. The van der Waals surface area contributed by atoms with E-state index in [2.05, 4.69) is 57.6 Å². The molecule has 1 unspecified atom stereocenters. The summed E-state index contributed by atoms with van der Waals surface area (Å²) in [7, 11) is 4.28. The fraction of sp³-hybridized carbons (Fsp3) is 0.462. The van der Waals surface area contributed by atoms with Crippen molar-refractivity contribution in [1.82, 2.24) is 15.1 Å². The lowest BCUT2D eigenvalue weighted by Gasteiger charge is -2.39. The molecular formula is C26H35N5O2S. The highest BCUT2D eigenvalue weighted by Gasteiger charge is 2.27. The first-order valence-corrected chi connectivity index (χ1v) is 13.2. The van der Waals surface area contributed by atoms with Crippen LogP contribution in [0.15, 0.2) is 47.4 Å². The van der Waals surface area contributed by atoms with Crippen LogP contribution in [0.3, 0.4) is 0 Å². The van der Waals surface area contributed by atoms with Gasteiger partial charge in [-0.15, -0.1) is 11.8 Å². The lowest BCUT2D eigenvalue weighted by atomic mass is 9.95. The minimum absolute atomic E-state index is 0.0304. The molecule has 0 aliphatic carbocycles. The third kappa shape index (κ3) is 5.92. The Hall–Kier alpha value is -2.55. The smallest absolute Gasteiger partial charge is 0.313 e. The highest BCUT2D eigenvalue weighted by molar-refractivity contribution is 7.98. The average molecular weight is 482 g/mol. The predicted octanol–water partition coefficient (Wildman–Crippen LogP) is 2.83. The summed E-state index contributed by atoms with van der Waals surface area (Å²) in [6.07, 6.45) is 4.21. The highest BCUT2D eigenvalue weighted by atomic mass is 32.2. The molecule has 2 heterocycles. The van der Waals surface area contributed by atoms with E-state index in [0.717, 1.165) is 50.5 Å². The van der Waals surface area contributed by atoms with Crippen LogP contribution in [0.1, 0.15) is 23.6 Å². The van der Waals surface area contributed by atoms with E-state index in [0.29, 0.717) is 12.2 Å². The summed E-state index contributed by atoms with van der Waals surface area (Å²) >= 11 is 1.59. The van der Waals surface area contributed by atoms with Gasteiger partial charge in [-0.2, -0.15) is 0 Å². The first-order chi connectivity index (χ1) is 16.4. The van der Waals surface area contributed by atoms with Crippen molar-refractivity contribution in [3.63, 3.8) is 0 Å². The van der Waals surface area contributed by atoms with Crippen molar-refractivity contribution < 1.29 is 9.59 Å². The summed E-state index contributed by atoms with van der Waals surface area (Å²) in [5.41, 5.74) is 4.49. The Balaban J connectivity index is 1.46. The van der Waals surface area contributed by atoms with E-state index in [9.17, 15) is 9.59 Å². The molecule has 7 nitrogen and oxygen atoms in total. The molecule has 4 rings (SSSR count). The SMILES string of the molecule is CSc1cccc(NC(=O)C(=O)NCC(c2ccc3c(c2)CCCN3C)N2CCN(C)CC2)c1. The van der Waals surface area contributed by atoms with E-state index in [1.165, 1.54) is 16.8 Å². The summed E-state index contributed by atoms with van der Waals surface area (Å²) in [5.74, 6) is -1.24. The zero-order chi connectivity index (χ0) is 24.1. The molecule has 0 saturated carbocycles. The van der Waals surface area contributed by atoms with Crippen molar-refractivity contribution in [3.05, 3.63) is 53.6 Å². The molecule has 2 N–H and O–H groups in total. The van der Waals surface area contributed by atoms with Gasteiger partial charge in [0.15, 0.2) is 0 Å². The van der Waals surface area contributed by atoms with Gasteiger partial charge in [-0.1, -0.05) is 18.2 Å². The van der Waals surface area contributed by atoms with Crippen LogP contribution >= 0.6 is 11.8 Å². The molecule has 1 saturated heterocycles. The molecule has 2 aromatic rings. The first-order valence-electron chi connectivity index (χ1n) is 11.9. The number of likely N-dealkylation sites (N-methyl/N-ethyl adjacent to an activating group) is 1. The van der Waals surface area contributed by atoms with Gasteiger partial charge in [-0.25, -0.2) is 0 Å². The van der Waals surface area contributed by atoms with E-state index in [4.69, 9.17) is 0 Å². The zero-order valence-corrected chi connectivity index (χ0v) is 21.2. The molecule has 8 heteroatoms. The van der Waals surface area contributed by atoms with E-state index in [1.54, 1.807) is 17.8 Å². The van der Waals surface area contributed by atoms with Crippen LogP contribution in [-0.4, -0.2) is 81.2 Å². The molecule has 0 radical (unpaired) electrons. The monoisotopic (exact) mass is 481 g/mol. The largest absolute Gasteiger partial charge is 0.374 e. The Bertz CT molecular complexity index is 1020. The van der Waals surface area contributed by atoms with Crippen LogP contribution in [-0.2, 0) is 16.0 Å². The minimum atomic E-state index is -0.637. The van der Waals surface area contributed by atoms with Crippen molar-refractivity contribution in [2.75, 3.05) is 69.8 Å². The van der Waals surface area contributed by atoms with Crippen molar-refractivity contribution in [3.8, 4) is 0 Å². The number of fused-ring (bicyclic) bond motifs is 1. The second-order valence-electron chi connectivity index (χ2n) is 9.16. The van der Waals surface area contributed by atoms with Crippen LogP contribution in [0.2, 0.25) is 0 Å². The topological polar surface area (TPSA) is 67.9 Å². The standard InChI is InChI=1S/C26H35N5O2S/c1-29-12-14-31(15-13-29)24(20-9-10-23-19(16-20)6-5-11-30(23)2)18-27-25(32)26(33)28-21-7-4-8-22(17-21)34-3/h4,7-10,16-17,24H,5-6,11-15,18H2,1-3H3,(H,27,32)(H,28,33). The quantitative estimate of drug-likeness (QED) is 0.489. The number of nitrogens with one attached hydrogen (secondary N) is 2. The normalized spacial score (nSPS) is 17.7. The molecule has 1 fully saturated rings. The summed E-state index contributed by atoms with van der Waals surface area (Å²) in [6, 6.07) is 14.2. The van der Waals surface area contributed by atoms with Gasteiger partial charge in [0.25, 0.3) is 0 Å². The van der Waals surface area contributed by atoms with Gasteiger partial charge in [0.1, 0.15) is 0 Å². The third-order valence-electron chi connectivity index (χ3n) is 6.81. The molecule has 2 aliphatic heterocycles. The lowest BCUT2D eigenvalue weighted by molar-refractivity contribution is -0.136. The molecule has 1 atom stereocenters. The van der Waals surface area contributed by atoms with Gasteiger partial charge in [-0.05, 0) is 61.5 Å². The maximum atomic E-state index is 12.7. The number of aryl methyl sites for hydroxylation is 1. The van der Waals surface area contributed by atoms with E-state index < -0.39 is 11.8 Å². The van der Waals surface area contributed by atoms with Gasteiger partial charge in [0.2, 0.25) is 0 Å². The first kappa shape index (κ1) is 24.6. The van der Waals surface area contributed by atoms with Gasteiger partial charge >= 0.3 is 11.8 Å². The van der Waals surface area contributed by atoms with Gasteiger partial charge in [-0.3, -0.25) is 14.5 Å². The van der Waals surface area contributed by atoms with Crippen molar-refractivity contribution in [1.29, 1.82) is 0 Å². The highest BCUT2D eigenvalue weighted by Crippen LogP contribution is 2.31. The molecule has 182 valence electrons. The van der Waals surface area contributed by atoms with Gasteiger partial charge < -0.3 is 20.4 Å². The molecule has 34 heavy (non-hydrogen) atoms. The third-order valence-corrected chi connectivity index (χ3v) is 7.53. The average Bonchev–Trinajstić information content (AvgIpc) is 2.85. The van der Waals surface area contributed by atoms with Crippen LogP contribution in [0.4, 0.5) is 11.4 Å². The number of benzene rings is 2. The zero-order valence-electron chi connectivity index (χ0n) is 20.3. The second-order valence-corrected chi connectivity index (χ2v) is 10.0. The fourth-order valence-electron chi connectivity index (χ4n) is 4.76. The predicted molar refractivity (Wildman–Crippen MR) is 140 cm³/mol. The molecule has 2 amide bonds. The maximum Gasteiger partial charge on any atom is 0.313 e. The van der Waals surface area contributed by atoms with Gasteiger partial charge in [0, 0.05) is 62.6 Å². The van der Waals surface area contributed by atoms with Gasteiger partial charge in [0.05, 0.1) is 6.04 Å². The van der Waals surface area contributed by atoms with Crippen LogP contribution in [0, 0.1) is 0 Å². The summed E-state index contributed by atoms with van der Waals surface area (Å²) in [4.78, 5) is 33.3. The second kappa shape index (κ2) is 11.3. The fourth-order valence-corrected chi connectivity index (χ4v) is 5.22. The summed E-state index contributed by atoms with van der Waals surface area (Å²) < 4.78 is 0. The molecule has 2 aromatic carbocycles. The van der Waals surface area contributed by atoms with Crippen molar-refractivity contribution in [2.24, 2.45) is 0 Å². The van der Waals surface area contributed by atoms with Crippen LogP contribution in [0.5, 0.6) is 0 Å². The Kier molecular flexibility index (Phi) is 8.13. The number of hydrogen-bond donors (Lipinski definition) is 2. The Labute approximate surface area is 206 Å². The number of thioether (sulfide) groups is 1. The molecule has 0 spiro atoms. The molecule has 0 aromatic heterocycles. The van der Waals surface area contributed by atoms with E-state index in [1.807, 2.05) is 24.5 Å². The minimum Gasteiger partial charge on any atom is -0.374 e. The summed E-state index contributed by atoms with van der Waals surface area (Å²) in [5, 5.41) is 5.63. The van der Waals surface area contributed by atoms with E-state index >= 15 is 0 Å². The number of nitrogens with zero attached hydrogens (tertiary/aromatic N) is 3. The number of carbonyl (C=O) groups excluding carboxylic acids is 2. The van der Waals surface area contributed by atoms with Crippen molar-refractivity contribution in [2.45, 2.75) is 23.8 Å².